The number of allylic oxidation sites excluding steroid dienone is 1. The van der Waals surface area contributed by atoms with Crippen molar-refractivity contribution in [2.24, 2.45) is 5.41 Å². The molecule has 2 heteroatoms. The van der Waals surface area contributed by atoms with Gasteiger partial charge in [0.05, 0.1) is 6.61 Å². The zero-order chi connectivity index (χ0) is 13.2. The molecule has 18 heavy (non-hydrogen) atoms. The Bertz CT molecular complexity index is 319. The Hall–Kier alpha value is -0.340. The van der Waals surface area contributed by atoms with Crippen LogP contribution in [0.3, 0.4) is 0 Å². The van der Waals surface area contributed by atoms with Gasteiger partial charge in [-0.05, 0) is 57.4 Å². The van der Waals surface area contributed by atoms with E-state index in [4.69, 9.17) is 0 Å². The fourth-order valence-corrected chi connectivity index (χ4v) is 3.88. The van der Waals surface area contributed by atoms with Gasteiger partial charge in [-0.25, -0.2) is 0 Å². The van der Waals surface area contributed by atoms with Crippen molar-refractivity contribution in [2.45, 2.75) is 65.3 Å². The van der Waals surface area contributed by atoms with E-state index in [2.05, 4.69) is 25.7 Å². The molecule has 0 radical (unpaired) electrons. The van der Waals surface area contributed by atoms with Crippen LogP contribution in [0.5, 0.6) is 0 Å². The zero-order valence-corrected chi connectivity index (χ0v) is 12.3. The van der Waals surface area contributed by atoms with E-state index in [1.807, 2.05) is 0 Å². The highest BCUT2D eigenvalue weighted by Gasteiger charge is 2.30. The number of hydrogen-bond acceptors (Lipinski definition) is 2. The summed E-state index contributed by atoms with van der Waals surface area (Å²) in [5.74, 6) is 0. The summed E-state index contributed by atoms with van der Waals surface area (Å²) in [6.45, 7) is 9.78. The van der Waals surface area contributed by atoms with Crippen LogP contribution in [-0.2, 0) is 0 Å². The molecule has 1 saturated heterocycles. The van der Waals surface area contributed by atoms with Gasteiger partial charge in [-0.3, -0.25) is 4.90 Å². The molecule has 0 unspecified atom stereocenters. The Morgan fingerprint density at radius 1 is 1.33 bits per heavy atom. The fraction of sp³-hybridized carbons (Fsp3) is 0.875. The zero-order valence-electron chi connectivity index (χ0n) is 12.3. The Labute approximate surface area is 112 Å². The summed E-state index contributed by atoms with van der Waals surface area (Å²) >= 11 is 0. The highest BCUT2D eigenvalue weighted by Crippen LogP contribution is 2.41. The summed E-state index contributed by atoms with van der Waals surface area (Å²) in [5, 5.41) is 9.37. The molecule has 0 bridgehead atoms. The second-order valence-electron chi connectivity index (χ2n) is 6.76. The van der Waals surface area contributed by atoms with Gasteiger partial charge in [-0.15, -0.1) is 0 Å². The minimum Gasteiger partial charge on any atom is -0.395 e. The van der Waals surface area contributed by atoms with Gasteiger partial charge in [-0.2, -0.15) is 0 Å². The fourth-order valence-electron chi connectivity index (χ4n) is 3.88. The predicted molar refractivity (Wildman–Crippen MR) is 76.6 cm³/mol. The van der Waals surface area contributed by atoms with E-state index in [1.165, 1.54) is 45.1 Å². The lowest BCUT2D eigenvalue weighted by Crippen LogP contribution is -2.34. The normalized spacial score (nSPS) is 29.0. The highest BCUT2D eigenvalue weighted by atomic mass is 16.3. The molecule has 2 aliphatic rings. The van der Waals surface area contributed by atoms with Gasteiger partial charge in [0.2, 0.25) is 0 Å². The molecule has 0 spiro atoms. The summed E-state index contributed by atoms with van der Waals surface area (Å²) < 4.78 is 0. The molecular weight excluding hydrogens is 222 g/mol. The molecule has 1 aliphatic carbocycles. The Morgan fingerprint density at radius 3 is 2.78 bits per heavy atom. The van der Waals surface area contributed by atoms with E-state index in [1.54, 1.807) is 11.1 Å². The van der Waals surface area contributed by atoms with Crippen LogP contribution in [0.4, 0.5) is 0 Å². The van der Waals surface area contributed by atoms with Gasteiger partial charge in [0, 0.05) is 12.6 Å². The molecule has 0 aromatic carbocycles. The lowest BCUT2D eigenvalue weighted by atomic mass is 9.71. The quantitative estimate of drug-likeness (QED) is 0.774. The van der Waals surface area contributed by atoms with Gasteiger partial charge in [0.25, 0.3) is 0 Å². The molecule has 0 amide bonds. The molecule has 0 saturated carbocycles. The first-order chi connectivity index (χ1) is 8.54. The average molecular weight is 251 g/mol. The maximum absolute atomic E-state index is 9.37. The molecule has 1 fully saturated rings. The number of rotatable bonds is 4. The van der Waals surface area contributed by atoms with Gasteiger partial charge < -0.3 is 5.11 Å². The first-order valence-electron chi connectivity index (χ1n) is 7.58. The lowest BCUT2D eigenvalue weighted by molar-refractivity contribution is 0.157. The monoisotopic (exact) mass is 251 g/mol. The van der Waals surface area contributed by atoms with Crippen LogP contribution < -0.4 is 0 Å². The van der Waals surface area contributed by atoms with Crippen LogP contribution in [0.15, 0.2) is 11.1 Å². The van der Waals surface area contributed by atoms with E-state index in [-0.39, 0.29) is 0 Å². The second-order valence-corrected chi connectivity index (χ2v) is 6.76. The van der Waals surface area contributed by atoms with Crippen LogP contribution in [0.2, 0.25) is 0 Å². The summed E-state index contributed by atoms with van der Waals surface area (Å²) in [5.41, 5.74) is 3.72. The van der Waals surface area contributed by atoms with Crippen LogP contribution in [0.25, 0.3) is 0 Å². The van der Waals surface area contributed by atoms with E-state index < -0.39 is 0 Å². The highest BCUT2D eigenvalue weighted by molar-refractivity contribution is 5.22. The van der Waals surface area contributed by atoms with Crippen LogP contribution in [0.1, 0.15) is 59.3 Å². The van der Waals surface area contributed by atoms with Crippen molar-refractivity contribution in [3.63, 3.8) is 0 Å². The largest absolute Gasteiger partial charge is 0.395 e. The van der Waals surface area contributed by atoms with Crippen molar-refractivity contribution in [2.75, 3.05) is 19.7 Å². The molecule has 2 nitrogen and oxygen atoms in total. The Morgan fingerprint density at radius 2 is 2.11 bits per heavy atom. The third-order valence-corrected chi connectivity index (χ3v) is 5.04. The van der Waals surface area contributed by atoms with Gasteiger partial charge >= 0.3 is 0 Å². The van der Waals surface area contributed by atoms with Crippen LogP contribution >= 0.6 is 0 Å². The van der Waals surface area contributed by atoms with Crippen molar-refractivity contribution in [1.29, 1.82) is 0 Å². The maximum atomic E-state index is 9.37. The van der Waals surface area contributed by atoms with Crippen molar-refractivity contribution < 1.29 is 5.11 Å². The molecule has 0 aromatic heterocycles. The van der Waals surface area contributed by atoms with Crippen molar-refractivity contribution in [3.05, 3.63) is 11.1 Å². The summed E-state index contributed by atoms with van der Waals surface area (Å²) in [6.07, 6.45) is 7.62. The third kappa shape index (κ3) is 2.97. The summed E-state index contributed by atoms with van der Waals surface area (Å²) in [7, 11) is 0. The number of nitrogens with zero attached hydrogens (tertiary/aromatic N) is 1. The number of likely N-dealkylation sites (tertiary alicyclic amines) is 1. The standard InChI is InChI=1S/C16H29NO/c1-13-6-4-9-16(2,3)15(13)8-11-17-10-5-7-14(17)12-18/h14,18H,4-12H2,1-3H3/t14-/m1/s1. The minimum atomic E-state index is 0.335. The first kappa shape index (κ1) is 14.1. The molecule has 104 valence electrons. The third-order valence-electron chi connectivity index (χ3n) is 5.04. The molecule has 1 aliphatic heterocycles. The average Bonchev–Trinajstić information content (AvgIpc) is 2.75. The first-order valence-corrected chi connectivity index (χ1v) is 7.58. The molecule has 1 N–H and O–H groups in total. The Kier molecular flexibility index (Phi) is 4.50. The smallest absolute Gasteiger partial charge is 0.0586 e. The van der Waals surface area contributed by atoms with E-state index in [0.29, 0.717) is 18.1 Å². The molecule has 1 atom stereocenters. The lowest BCUT2D eigenvalue weighted by Gasteiger charge is -2.36. The van der Waals surface area contributed by atoms with E-state index >= 15 is 0 Å². The summed E-state index contributed by atoms with van der Waals surface area (Å²) in [4.78, 5) is 2.49. The Balaban J connectivity index is 1.96. The minimum absolute atomic E-state index is 0.335. The SMILES string of the molecule is CC1=C(CCN2CCC[C@@H]2CO)C(C)(C)CCC1. The van der Waals surface area contributed by atoms with Crippen molar-refractivity contribution in [1.82, 2.24) is 4.90 Å². The molecular formula is C16H29NO. The number of hydrogen-bond donors (Lipinski definition) is 1. The van der Waals surface area contributed by atoms with Crippen molar-refractivity contribution >= 4 is 0 Å². The van der Waals surface area contributed by atoms with Gasteiger partial charge in [0.1, 0.15) is 0 Å². The molecule has 2 rings (SSSR count). The summed E-state index contributed by atoms with van der Waals surface area (Å²) in [6, 6.07) is 0.428. The van der Waals surface area contributed by atoms with E-state index in [0.717, 1.165) is 6.54 Å². The van der Waals surface area contributed by atoms with E-state index in [9.17, 15) is 5.11 Å². The topological polar surface area (TPSA) is 23.5 Å². The maximum Gasteiger partial charge on any atom is 0.0586 e. The van der Waals surface area contributed by atoms with Gasteiger partial charge in [0.15, 0.2) is 0 Å². The van der Waals surface area contributed by atoms with Gasteiger partial charge in [-0.1, -0.05) is 25.0 Å². The van der Waals surface area contributed by atoms with Crippen LogP contribution in [-0.4, -0.2) is 35.7 Å². The molecule has 0 aromatic rings. The van der Waals surface area contributed by atoms with Crippen LogP contribution in [0, 0.1) is 5.41 Å². The predicted octanol–water partition coefficient (Wildman–Crippen LogP) is 3.36. The number of aliphatic hydroxyl groups is 1. The van der Waals surface area contributed by atoms with Crippen molar-refractivity contribution in [3.8, 4) is 0 Å². The number of aliphatic hydroxyl groups excluding tert-OH is 1. The second kappa shape index (κ2) is 5.75. The molecule has 1 heterocycles.